The lowest BCUT2D eigenvalue weighted by Gasteiger charge is -2.05. The fourth-order valence-electron chi connectivity index (χ4n) is 0.800. The summed E-state index contributed by atoms with van der Waals surface area (Å²) in [5.41, 5.74) is -0.138. The first-order valence-corrected chi connectivity index (χ1v) is 3.38. The fourth-order valence-corrected chi connectivity index (χ4v) is 0.800. The van der Waals surface area contributed by atoms with E-state index in [4.69, 9.17) is 5.11 Å². The maximum Gasteiger partial charge on any atom is 0.253 e. The third kappa shape index (κ3) is 2.16. The van der Waals surface area contributed by atoms with E-state index in [0.29, 0.717) is 6.54 Å². The Morgan fingerprint density at radius 2 is 2.55 bits per heavy atom. The van der Waals surface area contributed by atoms with Gasteiger partial charge in [-0.2, -0.15) is 0 Å². The lowest BCUT2D eigenvalue weighted by molar-refractivity contribution is 0.171. The molecule has 0 aliphatic carbocycles. The van der Waals surface area contributed by atoms with Gasteiger partial charge in [-0.05, 0) is 6.92 Å². The summed E-state index contributed by atoms with van der Waals surface area (Å²) in [4.78, 5) is 14.7. The second-order valence-corrected chi connectivity index (χ2v) is 2.42. The van der Waals surface area contributed by atoms with Crippen molar-refractivity contribution in [3.8, 4) is 0 Å². The highest BCUT2D eigenvalue weighted by Gasteiger charge is 1.97. The van der Waals surface area contributed by atoms with E-state index in [0.717, 1.165) is 0 Å². The van der Waals surface area contributed by atoms with Crippen molar-refractivity contribution < 1.29 is 5.11 Å². The summed E-state index contributed by atoms with van der Waals surface area (Å²) in [5.74, 6) is 0. The molecule has 1 atom stereocenters. The van der Waals surface area contributed by atoms with E-state index >= 15 is 0 Å². The van der Waals surface area contributed by atoms with E-state index in [1.54, 1.807) is 6.92 Å². The van der Waals surface area contributed by atoms with Gasteiger partial charge in [0.25, 0.3) is 5.56 Å². The minimum Gasteiger partial charge on any atom is -0.392 e. The molecule has 4 nitrogen and oxygen atoms in total. The predicted octanol–water partition coefficient (Wildman–Crippen LogP) is -0.376. The number of hydrogen-bond donors (Lipinski definition) is 1. The van der Waals surface area contributed by atoms with Gasteiger partial charge in [0.1, 0.15) is 0 Å². The van der Waals surface area contributed by atoms with E-state index in [2.05, 4.69) is 4.98 Å². The zero-order valence-electron chi connectivity index (χ0n) is 6.27. The summed E-state index contributed by atoms with van der Waals surface area (Å²) in [5, 5.41) is 8.94. The SMILES string of the molecule is C[C@@H](O)Cn1cnccc1=O. The van der Waals surface area contributed by atoms with Crippen molar-refractivity contribution in [1.82, 2.24) is 9.55 Å². The van der Waals surface area contributed by atoms with Crippen LogP contribution in [-0.2, 0) is 6.54 Å². The number of nitrogens with zero attached hydrogens (tertiary/aromatic N) is 2. The third-order valence-electron chi connectivity index (χ3n) is 1.25. The largest absolute Gasteiger partial charge is 0.392 e. The molecule has 60 valence electrons. The van der Waals surface area contributed by atoms with Crippen LogP contribution in [0.5, 0.6) is 0 Å². The normalized spacial score (nSPS) is 12.9. The summed E-state index contributed by atoms with van der Waals surface area (Å²) in [6, 6.07) is 1.36. The average Bonchev–Trinajstić information content (AvgIpc) is 1.93. The van der Waals surface area contributed by atoms with Crippen LogP contribution in [0.3, 0.4) is 0 Å². The van der Waals surface area contributed by atoms with Crippen LogP contribution < -0.4 is 5.56 Å². The summed E-state index contributed by atoms with van der Waals surface area (Å²) in [6.07, 6.45) is 2.33. The molecule has 4 heteroatoms. The average molecular weight is 154 g/mol. The molecule has 0 radical (unpaired) electrons. The predicted molar refractivity (Wildman–Crippen MR) is 40.2 cm³/mol. The second kappa shape index (κ2) is 3.30. The van der Waals surface area contributed by atoms with Crippen LogP contribution in [0.1, 0.15) is 6.92 Å². The number of hydrogen-bond acceptors (Lipinski definition) is 3. The van der Waals surface area contributed by atoms with Gasteiger partial charge in [0, 0.05) is 12.3 Å². The summed E-state index contributed by atoms with van der Waals surface area (Å²) >= 11 is 0. The minimum absolute atomic E-state index is 0.138. The van der Waals surface area contributed by atoms with Crippen molar-refractivity contribution in [2.75, 3.05) is 0 Å². The van der Waals surface area contributed by atoms with Crippen molar-refractivity contribution in [2.24, 2.45) is 0 Å². The minimum atomic E-state index is -0.517. The molecular weight excluding hydrogens is 144 g/mol. The Kier molecular flexibility index (Phi) is 2.38. The molecule has 0 fully saturated rings. The smallest absolute Gasteiger partial charge is 0.253 e. The summed E-state index contributed by atoms with van der Waals surface area (Å²) in [6.45, 7) is 1.92. The van der Waals surface area contributed by atoms with Gasteiger partial charge >= 0.3 is 0 Å². The van der Waals surface area contributed by atoms with E-state index in [1.165, 1.54) is 23.2 Å². The Balaban J connectivity index is 2.87. The number of rotatable bonds is 2. The van der Waals surface area contributed by atoms with Gasteiger partial charge < -0.3 is 5.11 Å². The first-order valence-electron chi connectivity index (χ1n) is 3.38. The second-order valence-electron chi connectivity index (χ2n) is 2.42. The van der Waals surface area contributed by atoms with Gasteiger partial charge in [-0.25, -0.2) is 4.98 Å². The lowest BCUT2D eigenvalue weighted by Crippen LogP contribution is -2.24. The third-order valence-corrected chi connectivity index (χ3v) is 1.25. The topological polar surface area (TPSA) is 55.1 Å². The van der Waals surface area contributed by atoms with Gasteiger partial charge in [0.05, 0.1) is 19.0 Å². The molecule has 0 bridgehead atoms. The van der Waals surface area contributed by atoms with E-state index < -0.39 is 6.10 Å². The van der Waals surface area contributed by atoms with Gasteiger partial charge in [0.15, 0.2) is 0 Å². The van der Waals surface area contributed by atoms with Crippen molar-refractivity contribution in [2.45, 2.75) is 19.6 Å². The van der Waals surface area contributed by atoms with E-state index in [-0.39, 0.29) is 5.56 Å². The molecule has 0 spiro atoms. The summed E-state index contributed by atoms with van der Waals surface area (Å²) in [7, 11) is 0. The molecule has 0 unspecified atom stereocenters. The van der Waals surface area contributed by atoms with Gasteiger partial charge in [-0.3, -0.25) is 9.36 Å². The molecule has 0 saturated heterocycles. The Morgan fingerprint density at radius 1 is 1.82 bits per heavy atom. The molecule has 11 heavy (non-hydrogen) atoms. The zero-order chi connectivity index (χ0) is 8.27. The lowest BCUT2D eigenvalue weighted by atomic mass is 10.4. The van der Waals surface area contributed by atoms with E-state index in [1.807, 2.05) is 0 Å². The highest BCUT2D eigenvalue weighted by molar-refractivity contribution is 4.82. The highest BCUT2D eigenvalue weighted by Crippen LogP contribution is 1.84. The molecule has 0 aliphatic heterocycles. The molecule has 0 amide bonds. The van der Waals surface area contributed by atoms with Gasteiger partial charge in [0.2, 0.25) is 0 Å². The monoisotopic (exact) mass is 154 g/mol. The van der Waals surface area contributed by atoms with Crippen LogP contribution in [0.25, 0.3) is 0 Å². The molecular formula is C7H10N2O2. The van der Waals surface area contributed by atoms with Crippen LogP contribution in [0.4, 0.5) is 0 Å². The zero-order valence-corrected chi connectivity index (χ0v) is 6.27. The molecule has 1 rings (SSSR count). The first kappa shape index (κ1) is 7.94. The van der Waals surface area contributed by atoms with Gasteiger partial charge in [-0.1, -0.05) is 0 Å². The molecule has 0 saturated carbocycles. The Labute approximate surface area is 64.1 Å². The molecule has 1 heterocycles. The van der Waals surface area contributed by atoms with Crippen LogP contribution in [0.2, 0.25) is 0 Å². The Morgan fingerprint density at radius 3 is 3.09 bits per heavy atom. The van der Waals surface area contributed by atoms with Crippen molar-refractivity contribution >= 4 is 0 Å². The molecule has 1 aromatic heterocycles. The molecule has 0 aliphatic rings. The van der Waals surface area contributed by atoms with Crippen LogP contribution in [-0.4, -0.2) is 20.8 Å². The van der Waals surface area contributed by atoms with E-state index in [9.17, 15) is 4.79 Å². The van der Waals surface area contributed by atoms with Crippen molar-refractivity contribution in [3.05, 3.63) is 28.9 Å². The highest BCUT2D eigenvalue weighted by atomic mass is 16.3. The standard InChI is InChI=1S/C7H10N2O2/c1-6(10)4-9-5-8-3-2-7(9)11/h2-3,5-6,10H,4H2,1H3/t6-/m1/s1. The number of aliphatic hydroxyl groups is 1. The van der Waals surface area contributed by atoms with Crippen LogP contribution in [0.15, 0.2) is 23.4 Å². The number of aromatic nitrogens is 2. The Bertz CT molecular complexity index is 280. The molecule has 1 N–H and O–H groups in total. The van der Waals surface area contributed by atoms with Crippen molar-refractivity contribution in [3.63, 3.8) is 0 Å². The van der Waals surface area contributed by atoms with Crippen LogP contribution >= 0.6 is 0 Å². The maximum atomic E-state index is 11.0. The number of aliphatic hydroxyl groups excluding tert-OH is 1. The first-order chi connectivity index (χ1) is 5.20. The van der Waals surface area contributed by atoms with Gasteiger partial charge in [-0.15, -0.1) is 0 Å². The Hall–Kier alpha value is -1.16. The summed E-state index contributed by atoms with van der Waals surface area (Å²) < 4.78 is 1.37. The fraction of sp³-hybridized carbons (Fsp3) is 0.429. The van der Waals surface area contributed by atoms with Crippen LogP contribution in [0, 0.1) is 0 Å². The maximum absolute atomic E-state index is 11.0. The van der Waals surface area contributed by atoms with Crippen molar-refractivity contribution in [1.29, 1.82) is 0 Å². The quantitative estimate of drug-likeness (QED) is 0.632. The molecule has 1 aromatic rings. The molecule has 0 aromatic carbocycles.